The Morgan fingerprint density at radius 2 is 1.78 bits per heavy atom. The lowest BCUT2D eigenvalue weighted by Crippen LogP contribution is -2.51. The van der Waals surface area contributed by atoms with Gasteiger partial charge < -0.3 is 30.5 Å². The monoisotopic (exact) mass is 568 g/mol. The number of nitrogens with zero attached hydrogens (tertiary/aromatic N) is 1. The number of aliphatic carboxylic acids is 1. The largest absolute Gasteiger partial charge is 0.496 e. The molecular weight excluding hydrogens is 528 g/mol. The molecule has 11 heteroatoms. The van der Waals surface area contributed by atoms with Crippen LogP contribution in [-0.2, 0) is 14.4 Å². The number of ether oxygens (including phenoxy) is 2. The molecule has 0 radical (unpaired) electrons. The molecule has 4 atom stereocenters. The van der Waals surface area contributed by atoms with E-state index in [0.29, 0.717) is 25.7 Å². The summed E-state index contributed by atoms with van der Waals surface area (Å²) in [7, 11) is 1.41. The van der Waals surface area contributed by atoms with Crippen LogP contribution in [0.4, 0.5) is 0 Å². The van der Waals surface area contributed by atoms with Crippen molar-refractivity contribution in [1.29, 1.82) is 5.26 Å². The molecule has 1 aromatic rings. The average Bonchev–Trinajstić information content (AvgIpc) is 3.54. The number of fused-ring (bicyclic) bond motifs is 2. The number of carboxylic acids is 1. The topological polar surface area (TPSA) is 167 Å². The number of benzene rings is 1. The molecular formula is C30H40N4O7. The summed E-state index contributed by atoms with van der Waals surface area (Å²) < 4.78 is 11.6. The van der Waals surface area contributed by atoms with Crippen molar-refractivity contribution in [1.82, 2.24) is 16.0 Å². The second-order valence-electron chi connectivity index (χ2n) is 12.1. The maximum absolute atomic E-state index is 13.6. The number of carbonyl (C=O) groups excluding carboxylic acids is 3. The van der Waals surface area contributed by atoms with E-state index in [4.69, 9.17) is 9.47 Å². The molecule has 2 bridgehead atoms. The van der Waals surface area contributed by atoms with Crippen molar-refractivity contribution in [2.75, 3.05) is 13.7 Å². The first-order valence-electron chi connectivity index (χ1n) is 14.4. The van der Waals surface area contributed by atoms with Gasteiger partial charge in [-0.1, -0.05) is 0 Å². The highest BCUT2D eigenvalue weighted by molar-refractivity contribution is 5.98. The van der Waals surface area contributed by atoms with Gasteiger partial charge in [-0.25, -0.2) is 0 Å². The van der Waals surface area contributed by atoms with Crippen LogP contribution in [-0.4, -0.2) is 60.6 Å². The van der Waals surface area contributed by atoms with Gasteiger partial charge in [0.2, 0.25) is 11.8 Å². The van der Waals surface area contributed by atoms with Crippen molar-refractivity contribution in [2.45, 2.75) is 83.9 Å². The lowest BCUT2D eigenvalue weighted by atomic mass is 9.75. The standard InChI is InChI=1S/C30H40N4O7/c1-16(2)33-24(35)15-32-28(37)25-17-5-6-18(11-17)26(25)34-27(36)21-13-22(19(14-31)12-23(21)40-4)41-20-7-9-30(3,10-8-20)29(38)39/h12-13,16-18,20,25-26H,5-11,15H2,1-4H3,(H,32,37)(H,33,35)(H,34,36)(H,38,39)/t17-,18+,20?,25+,26-,30?/m1/s1. The van der Waals surface area contributed by atoms with Crippen LogP contribution in [0.5, 0.6) is 11.5 Å². The van der Waals surface area contributed by atoms with E-state index in [1.807, 2.05) is 13.8 Å². The van der Waals surface area contributed by atoms with Crippen molar-refractivity contribution in [3.05, 3.63) is 23.3 Å². The molecule has 41 heavy (non-hydrogen) atoms. The van der Waals surface area contributed by atoms with Gasteiger partial charge >= 0.3 is 5.97 Å². The molecule has 0 aromatic heterocycles. The lowest BCUT2D eigenvalue weighted by Gasteiger charge is -2.34. The number of amides is 3. The molecule has 222 valence electrons. The van der Waals surface area contributed by atoms with Crippen molar-refractivity contribution < 1.29 is 33.8 Å². The number of hydrogen-bond donors (Lipinski definition) is 4. The van der Waals surface area contributed by atoms with Gasteiger partial charge in [0.15, 0.2) is 0 Å². The van der Waals surface area contributed by atoms with Crippen LogP contribution < -0.4 is 25.4 Å². The fraction of sp³-hybridized carbons (Fsp3) is 0.633. The molecule has 4 N–H and O–H groups in total. The molecule has 4 rings (SSSR count). The van der Waals surface area contributed by atoms with Gasteiger partial charge in [-0.05, 0) is 83.6 Å². The fourth-order valence-corrected chi connectivity index (χ4v) is 6.59. The van der Waals surface area contributed by atoms with Crippen LogP contribution in [0.25, 0.3) is 0 Å². The molecule has 1 aromatic carbocycles. The first-order valence-corrected chi connectivity index (χ1v) is 14.4. The van der Waals surface area contributed by atoms with Crippen molar-refractivity contribution >= 4 is 23.7 Å². The molecule has 0 spiro atoms. The summed E-state index contributed by atoms with van der Waals surface area (Å²) in [6.45, 7) is 5.30. The lowest BCUT2D eigenvalue weighted by molar-refractivity contribution is -0.150. The zero-order valence-corrected chi connectivity index (χ0v) is 24.1. The number of nitriles is 1. The molecule has 3 saturated carbocycles. The van der Waals surface area contributed by atoms with E-state index in [-0.39, 0.29) is 65.0 Å². The van der Waals surface area contributed by atoms with E-state index < -0.39 is 29.3 Å². The molecule has 3 aliphatic carbocycles. The highest BCUT2D eigenvalue weighted by Gasteiger charge is 2.51. The molecule has 0 unspecified atom stereocenters. The van der Waals surface area contributed by atoms with Crippen LogP contribution >= 0.6 is 0 Å². The Hall–Kier alpha value is -3.81. The minimum absolute atomic E-state index is 0.0340. The molecule has 0 aliphatic heterocycles. The van der Waals surface area contributed by atoms with Gasteiger partial charge in [0.05, 0.1) is 42.2 Å². The number of carboxylic acid groups (broad SMARTS) is 1. The van der Waals surface area contributed by atoms with E-state index >= 15 is 0 Å². The molecule has 0 heterocycles. The molecule has 0 saturated heterocycles. The first-order chi connectivity index (χ1) is 19.4. The van der Waals surface area contributed by atoms with E-state index in [9.17, 15) is 29.5 Å². The summed E-state index contributed by atoms with van der Waals surface area (Å²) in [6, 6.07) is 4.63. The Morgan fingerprint density at radius 1 is 1.10 bits per heavy atom. The summed E-state index contributed by atoms with van der Waals surface area (Å²) in [5.74, 6) is -1.51. The number of carbonyl (C=O) groups is 4. The second kappa shape index (κ2) is 12.4. The summed E-state index contributed by atoms with van der Waals surface area (Å²) in [5.41, 5.74) is -0.405. The van der Waals surface area contributed by atoms with Crippen molar-refractivity contribution in [2.24, 2.45) is 23.2 Å². The summed E-state index contributed by atoms with van der Waals surface area (Å²) >= 11 is 0. The molecule has 3 fully saturated rings. The fourth-order valence-electron chi connectivity index (χ4n) is 6.59. The van der Waals surface area contributed by atoms with E-state index in [2.05, 4.69) is 22.0 Å². The van der Waals surface area contributed by atoms with Crippen molar-refractivity contribution in [3.8, 4) is 17.6 Å². The SMILES string of the molecule is COc1cc(C#N)c(OC2CCC(C)(C(=O)O)CC2)cc1C(=O)N[C@@H]1[C@H]2CC[C@H](C2)[C@@H]1C(=O)NCC(=O)NC(C)C. The van der Waals surface area contributed by atoms with Gasteiger partial charge in [-0.15, -0.1) is 0 Å². The smallest absolute Gasteiger partial charge is 0.309 e. The Morgan fingerprint density at radius 3 is 2.39 bits per heavy atom. The predicted octanol–water partition coefficient (Wildman–Crippen LogP) is 2.76. The third-order valence-corrected chi connectivity index (χ3v) is 8.90. The van der Waals surface area contributed by atoms with Gasteiger partial charge in [0, 0.05) is 18.2 Å². The van der Waals surface area contributed by atoms with E-state index in [1.165, 1.54) is 19.2 Å². The Kier molecular flexibility index (Phi) is 9.10. The van der Waals surface area contributed by atoms with Crippen LogP contribution in [0, 0.1) is 34.5 Å². The number of rotatable bonds is 10. The van der Waals surface area contributed by atoms with Crippen LogP contribution in [0.2, 0.25) is 0 Å². The van der Waals surface area contributed by atoms with Crippen molar-refractivity contribution in [3.63, 3.8) is 0 Å². The average molecular weight is 569 g/mol. The third kappa shape index (κ3) is 6.58. The number of methoxy groups -OCH3 is 1. The Labute approximate surface area is 240 Å². The van der Waals surface area contributed by atoms with E-state index in [0.717, 1.165) is 19.3 Å². The molecule has 3 amide bonds. The minimum Gasteiger partial charge on any atom is -0.496 e. The number of hydrogen-bond acceptors (Lipinski definition) is 7. The van der Waals surface area contributed by atoms with Crippen LogP contribution in [0.15, 0.2) is 12.1 Å². The normalized spacial score (nSPS) is 28.4. The maximum Gasteiger partial charge on any atom is 0.309 e. The van der Waals surface area contributed by atoms with Gasteiger partial charge in [0.1, 0.15) is 17.6 Å². The second-order valence-corrected chi connectivity index (χ2v) is 12.1. The highest BCUT2D eigenvalue weighted by atomic mass is 16.5. The third-order valence-electron chi connectivity index (χ3n) is 8.90. The minimum atomic E-state index is -0.830. The Balaban J connectivity index is 1.49. The van der Waals surface area contributed by atoms with Gasteiger partial charge in [-0.3, -0.25) is 19.2 Å². The zero-order chi connectivity index (χ0) is 29.9. The van der Waals surface area contributed by atoms with Crippen LogP contribution in [0.3, 0.4) is 0 Å². The number of nitrogens with one attached hydrogen (secondary N) is 3. The van der Waals surface area contributed by atoms with E-state index in [1.54, 1.807) is 6.92 Å². The quantitative estimate of drug-likeness (QED) is 0.334. The van der Waals surface area contributed by atoms with Crippen LogP contribution in [0.1, 0.15) is 81.6 Å². The summed E-state index contributed by atoms with van der Waals surface area (Å²) in [5, 5.41) is 27.8. The maximum atomic E-state index is 13.6. The van der Waals surface area contributed by atoms with Gasteiger partial charge in [0.25, 0.3) is 5.91 Å². The summed E-state index contributed by atoms with van der Waals surface area (Å²) in [4.78, 5) is 50.5. The first kappa shape index (κ1) is 30.2. The highest BCUT2D eigenvalue weighted by Crippen LogP contribution is 2.49. The Bertz CT molecular complexity index is 1230. The molecule has 3 aliphatic rings. The zero-order valence-electron chi connectivity index (χ0n) is 24.1. The summed E-state index contributed by atoms with van der Waals surface area (Å²) in [6.07, 6.45) is 4.27. The van der Waals surface area contributed by atoms with Gasteiger partial charge in [-0.2, -0.15) is 5.26 Å². The predicted molar refractivity (Wildman–Crippen MR) is 148 cm³/mol. The molecule has 11 nitrogen and oxygen atoms in total.